The van der Waals surface area contributed by atoms with Crippen LogP contribution in [0.5, 0.6) is 0 Å². The van der Waals surface area contributed by atoms with Gasteiger partial charge in [0.1, 0.15) is 0 Å². The molecule has 0 aromatic rings. The van der Waals surface area contributed by atoms with E-state index in [0.717, 1.165) is 6.54 Å². The van der Waals surface area contributed by atoms with E-state index in [2.05, 4.69) is 32.6 Å². The summed E-state index contributed by atoms with van der Waals surface area (Å²) < 4.78 is 0. The molecule has 0 spiro atoms. The Labute approximate surface area is 95.2 Å². The normalized spacial score (nSPS) is 21.4. The lowest BCUT2D eigenvalue weighted by molar-refractivity contribution is -0.0724. The molecule has 2 heteroatoms. The molecule has 15 heavy (non-hydrogen) atoms. The highest BCUT2D eigenvalue weighted by atomic mass is 15.3. The second kappa shape index (κ2) is 4.84. The molecular weight excluding hydrogens is 184 g/mol. The number of rotatable bonds is 6. The highest BCUT2D eigenvalue weighted by molar-refractivity contribution is 5.00. The van der Waals surface area contributed by atoms with E-state index < -0.39 is 0 Å². The maximum Gasteiger partial charge on any atom is 0.0275 e. The van der Waals surface area contributed by atoms with Gasteiger partial charge in [-0.2, -0.15) is 0 Å². The van der Waals surface area contributed by atoms with Crippen LogP contribution in [0.2, 0.25) is 0 Å². The first-order chi connectivity index (χ1) is 6.99. The smallest absolute Gasteiger partial charge is 0.0275 e. The van der Waals surface area contributed by atoms with Crippen molar-refractivity contribution < 1.29 is 0 Å². The summed E-state index contributed by atoms with van der Waals surface area (Å²) in [6.45, 7) is 12.4. The molecule has 1 aliphatic heterocycles. The van der Waals surface area contributed by atoms with Crippen LogP contribution in [0.4, 0.5) is 0 Å². The molecule has 1 aliphatic rings. The highest BCUT2D eigenvalue weighted by Gasteiger charge is 2.45. The molecular formula is C13H28N2. The predicted octanol–water partition coefficient (Wildman–Crippen LogP) is 2.63. The molecule has 2 N–H and O–H groups in total. The van der Waals surface area contributed by atoms with Gasteiger partial charge in [0.25, 0.3) is 0 Å². The van der Waals surface area contributed by atoms with Crippen LogP contribution in [0.3, 0.4) is 0 Å². The van der Waals surface area contributed by atoms with Crippen molar-refractivity contribution in [3.8, 4) is 0 Å². The first-order valence-corrected chi connectivity index (χ1v) is 6.45. The van der Waals surface area contributed by atoms with Crippen LogP contribution in [0.15, 0.2) is 0 Å². The molecule has 2 nitrogen and oxygen atoms in total. The number of likely N-dealkylation sites (tertiary alicyclic amines) is 1. The Hall–Kier alpha value is -0.0800. The molecule has 0 aliphatic carbocycles. The van der Waals surface area contributed by atoms with E-state index in [4.69, 9.17) is 5.73 Å². The van der Waals surface area contributed by atoms with Crippen molar-refractivity contribution in [2.24, 2.45) is 11.1 Å². The average Bonchev–Trinajstić information content (AvgIpc) is 2.13. The maximum absolute atomic E-state index is 5.81. The van der Waals surface area contributed by atoms with Crippen molar-refractivity contribution in [1.29, 1.82) is 0 Å². The van der Waals surface area contributed by atoms with E-state index >= 15 is 0 Å². The Morgan fingerprint density at radius 3 is 1.93 bits per heavy atom. The Balaban J connectivity index is 2.50. The number of hydrogen-bond donors (Lipinski definition) is 1. The zero-order valence-electron chi connectivity index (χ0n) is 11.0. The van der Waals surface area contributed by atoms with Crippen molar-refractivity contribution in [3.05, 3.63) is 0 Å². The van der Waals surface area contributed by atoms with Crippen LogP contribution >= 0.6 is 0 Å². The summed E-state index contributed by atoms with van der Waals surface area (Å²) in [5.41, 5.74) is 6.63. The molecule has 1 heterocycles. The van der Waals surface area contributed by atoms with Crippen LogP contribution in [0, 0.1) is 5.41 Å². The van der Waals surface area contributed by atoms with Crippen molar-refractivity contribution in [1.82, 2.24) is 4.90 Å². The molecule has 0 radical (unpaired) electrons. The van der Waals surface area contributed by atoms with E-state index in [9.17, 15) is 0 Å². The summed E-state index contributed by atoms with van der Waals surface area (Å²) in [6, 6.07) is 0. The van der Waals surface area contributed by atoms with E-state index in [1.54, 1.807) is 0 Å². The summed E-state index contributed by atoms with van der Waals surface area (Å²) >= 11 is 0. The van der Waals surface area contributed by atoms with Gasteiger partial charge in [0, 0.05) is 25.2 Å². The first-order valence-electron chi connectivity index (χ1n) is 6.45. The molecule has 0 bridgehead atoms. The van der Waals surface area contributed by atoms with E-state index in [0.29, 0.717) is 5.41 Å². The van der Waals surface area contributed by atoms with Crippen molar-refractivity contribution in [2.75, 3.05) is 19.6 Å². The zero-order valence-corrected chi connectivity index (χ0v) is 11.0. The number of hydrogen-bond acceptors (Lipinski definition) is 2. The zero-order chi connectivity index (χ0) is 11.5. The van der Waals surface area contributed by atoms with E-state index in [1.807, 2.05) is 0 Å². The molecule has 1 fully saturated rings. The van der Waals surface area contributed by atoms with Gasteiger partial charge in [0.2, 0.25) is 0 Å². The Morgan fingerprint density at radius 2 is 1.60 bits per heavy atom. The topological polar surface area (TPSA) is 29.3 Å². The highest BCUT2D eigenvalue weighted by Crippen LogP contribution is 2.42. The van der Waals surface area contributed by atoms with Crippen LogP contribution in [-0.4, -0.2) is 30.1 Å². The Bertz CT molecular complexity index is 185. The van der Waals surface area contributed by atoms with Crippen LogP contribution in [0.25, 0.3) is 0 Å². The molecule has 0 unspecified atom stereocenters. The van der Waals surface area contributed by atoms with Crippen LogP contribution in [0.1, 0.15) is 53.4 Å². The number of nitrogens with two attached hydrogens (primary N) is 1. The van der Waals surface area contributed by atoms with E-state index in [-0.39, 0.29) is 5.54 Å². The SMILES string of the molecule is CCCC1(CCC)CN(C(C)(C)CN)C1. The lowest BCUT2D eigenvalue weighted by atomic mass is 9.70. The fraction of sp³-hybridized carbons (Fsp3) is 1.00. The van der Waals surface area contributed by atoms with E-state index in [1.165, 1.54) is 38.8 Å². The molecule has 1 rings (SSSR count). The van der Waals surface area contributed by atoms with Crippen molar-refractivity contribution in [2.45, 2.75) is 58.9 Å². The first kappa shape index (κ1) is 13.0. The fourth-order valence-corrected chi connectivity index (χ4v) is 2.82. The molecule has 0 saturated carbocycles. The van der Waals surface area contributed by atoms with Gasteiger partial charge in [0.15, 0.2) is 0 Å². The third-order valence-corrected chi connectivity index (χ3v) is 3.97. The lowest BCUT2D eigenvalue weighted by Crippen LogP contribution is -2.65. The summed E-state index contributed by atoms with van der Waals surface area (Å²) in [7, 11) is 0. The van der Waals surface area contributed by atoms with Gasteiger partial charge in [-0.3, -0.25) is 4.90 Å². The molecule has 0 amide bonds. The van der Waals surface area contributed by atoms with Crippen LogP contribution < -0.4 is 5.73 Å². The average molecular weight is 212 g/mol. The van der Waals surface area contributed by atoms with Gasteiger partial charge in [-0.05, 0) is 32.1 Å². The monoisotopic (exact) mass is 212 g/mol. The summed E-state index contributed by atoms with van der Waals surface area (Å²) in [6.07, 6.45) is 5.41. The van der Waals surface area contributed by atoms with Gasteiger partial charge >= 0.3 is 0 Å². The predicted molar refractivity (Wildman–Crippen MR) is 67.0 cm³/mol. The maximum atomic E-state index is 5.81. The van der Waals surface area contributed by atoms with Gasteiger partial charge < -0.3 is 5.73 Å². The van der Waals surface area contributed by atoms with Gasteiger partial charge in [-0.1, -0.05) is 26.7 Å². The third-order valence-electron chi connectivity index (χ3n) is 3.97. The van der Waals surface area contributed by atoms with Crippen molar-refractivity contribution in [3.63, 3.8) is 0 Å². The third kappa shape index (κ3) is 2.73. The fourth-order valence-electron chi connectivity index (χ4n) is 2.82. The molecule has 90 valence electrons. The van der Waals surface area contributed by atoms with Crippen molar-refractivity contribution >= 4 is 0 Å². The van der Waals surface area contributed by atoms with Gasteiger partial charge in [-0.15, -0.1) is 0 Å². The molecule has 0 aromatic carbocycles. The summed E-state index contributed by atoms with van der Waals surface area (Å²) in [4.78, 5) is 2.55. The standard InChI is InChI=1S/C13H28N2/c1-5-7-13(8-6-2)10-15(11-13)12(3,4)9-14/h5-11,14H2,1-4H3. The van der Waals surface area contributed by atoms with Gasteiger partial charge in [-0.25, -0.2) is 0 Å². The number of nitrogens with zero attached hydrogens (tertiary/aromatic N) is 1. The molecule has 1 saturated heterocycles. The second-order valence-electron chi connectivity index (χ2n) is 5.87. The summed E-state index contributed by atoms with van der Waals surface area (Å²) in [5.74, 6) is 0. The quantitative estimate of drug-likeness (QED) is 0.733. The Kier molecular flexibility index (Phi) is 4.19. The molecule has 0 atom stereocenters. The minimum atomic E-state index is 0.199. The lowest BCUT2D eigenvalue weighted by Gasteiger charge is -2.57. The summed E-state index contributed by atoms with van der Waals surface area (Å²) in [5, 5.41) is 0. The largest absolute Gasteiger partial charge is 0.329 e. The van der Waals surface area contributed by atoms with Gasteiger partial charge in [0.05, 0.1) is 0 Å². The minimum Gasteiger partial charge on any atom is -0.329 e. The Morgan fingerprint density at radius 1 is 1.13 bits per heavy atom. The molecule has 0 aromatic heterocycles. The minimum absolute atomic E-state index is 0.199. The van der Waals surface area contributed by atoms with Crippen LogP contribution in [-0.2, 0) is 0 Å². The second-order valence-corrected chi connectivity index (χ2v) is 5.87.